The summed E-state index contributed by atoms with van der Waals surface area (Å²) in [6.45, 7) is 7.91. The van der Waals surface area contributed by atoms with Crippen molar-refractivity contribution in [1.82, 2.24) is 9.78 Å². The first-order valence-electron chi connectivity index (χ1n) is 6.31. The van der Waals surface area contributed by atoms with Gasteiger partial charge in [0.2, 0.25) is 0 Å². The van der Waals surface area contributed by atoms with E-state index in [-0.39, 0.29) is 11.1 Å². The molecule has 106 valence electrons. The first-order chi connectivity index (χ1) is 9.21. The summed E-state index contributed by atoms with van der Waals surface area (Å²) in [5, 5.41) is 14.1. The van der Waals surface area contributed by atoms with Crippen LogP contribution in [0.1, 0.15) is 42.5 Å². The van der Waals surface area contributed by atoms with Crippen molar-refractivity contribution in [3.63, 3.8) is 0 Å². The van der Waals surface area contributed by atoms with Gasteiger partial charge in [-0.25, -0.2) is 9.48 Å². The van der Waals surface area contributed by atoms with Gasteiger partial charge in [0.1, 0.15) is 0 Å². The largest absolute Gasteiger partial charge is 0.476 e. The third kappa shape index (κ3) is 2.56. The number of hydrogen-bond acceptors (Lipinski definition) is 2. The van der Waals surface area contributed by atoms with Crippen molar-refractivity contribution in [3.05, 3.63) is 46.2 Å². The van der Waals surface area contributed by atoms with Crippen LogP contribution in [0.2, 0.25) is 5.02 Å². The van der Waals surface area contributed by atoms with Gasteiger partial charge >= 0.3 is 5.97 Å². The molecule has 1 aromatic heterocycles. The molecule has 2 aromatic rings. The van der Waals surface area contributed by atoms with Crippen molar-refractivity contribution in [2.45, 2.75) is 33.1 Å². The van der Waals surface area contributed by atoms with Crippen LogP contribution in [0.3, 0.4) is 0 Å². The van der Waals surface area contributed by atoms with Crippen LogP contribution in [0, 0.1) is 6.92 Å². The Kier molecular flexibility index (Phi) is 3.61. The summed E-state index contributed by atoms with van der Waals surface area (Å²) in [6.07, 6.45) is 0. The predicted molar refractivity (Wildman–Crippen MR) is 79.0 cm³/mol. The maximum atomic E-state index is 11.3. The summed E-state index contributed by atoms with van der Waals surface area (Å²) < 4.78 is 1.69. The lowest BCUT2D eigenvalue weighted by Crippen LogP contribution is -2.18. The average molecular weight is 293 g/mol. The van der Waals surface area contributed by atoms with Crippen LogP contribution in [0.15, 0.2) is 24.3 Å². The smallest absolute Gasteiger partial charge is 0.356 e. The van der Waals surface area contributed by atoms with E-state index in [0.29, 0.717) is 10.6 Å². The minimum absolute atomic E-state index is 0.0878. The molecule has 0 unspecified atom stereocenters. The average Bonchev–Trinajstić information content (AvgIpc) is 2.67. The molecule has 0 spiro atoms. The minimum atomic E-state index is -1.01. The number of halogens is 1. The Morgan fingerprint density at radius 1 is 1.25 bits per heavy atom. The zero-order chi connectivity index (χ0) is 15.1. The number of nitrogens with zero attached hydrogens (tertiary/aromatic N) is 2. The fraction of sp³-hybridized carbons (Fsp3) is 0.333. The molecule has 5 heteroatoms. The van der Waals surface area contributed by atoms with Gasteiger partial charge in [-0.15, -0.1) is 0 Å². The fourth-order valence-corrected chi connectivity index (χ4v) is 2.47. The number of carboxylic acid groups (broad SMARTS) is 1. The van der Waals surface area contributed by atoms with Gasteiger partial charge < -0.3 is 5.11 Å². The number of benzene rings is 1. The Balaban J connectivity index is 2.72. The first-order valence-corrected chi connectivity index (χ1v) is 6.69. The Labute approximate surface area is 123 Å². The molecule has 1 heterocycles. The van der Waals surface area contributed by atoms with Crippen LogP contribution in [0.4, 0.5) is 0 Å². The molecule has 2 rings (SSSR count). The Morgan fingerprint density at radius 2 is 1.80 bits per heavy atom. The van der Waals surface area contributed by atoms with Crippen LogP contribution >= 0.6 is 11.6 Å². The van der Waals surface area contributed by atoms with Crippen LogP contribution in [-0.4, -0.2) is 20.9 Å². The highest BCUT2D eigenvalue weighted by Gasteiger charge is 2.28. The Hall–Kier alpha value is -1.81. The van der Waals surface area contributed by atoms with E-state index < -0.39 is 5.97 Å². The van der Waals surface area contributed by atoms with Crippen molar-refractivity contribution >= 4 is 17.6 Å². The molecule has 0 saturated carbocycles. The van der Waals surface area contributed by atoms with Crippen molar-refractivity contribution in [2.24, 2.45) is 0 Å². The minimum Gasteiger partial charge on any atom is -0.476 e. The summed E-state index contributed by atoms with van der Waals surface area (Å²) in [5.74, 6) is -1.01. The molecule has 0 saturated heterocycles. The van der Waals surface area contributed by atoms with E-state index in [1.807, 2.05) is 32.9 Å². The molecule has 0 amide bonds. The molecule has 0 aliphatic heterocycles. The number of aromatic nitrogens is 2. The second-order valence-corrected chi connectivity index (χ2v) is 6.20. The molecule has 0 atom stereocenters. The summed E-state index contributed by atoms with van der Waals surface area (Å²) >= 11 is 5.89. The van der Waals surface area contributed by atoms with E-state index in [4.69, 9.17) is 11.6 Å². The maximum absolute atomic E-state index is 11.3. The molecule has 20 heavy (non-hydrogen) atoms. The number of carbonyl (C=O) groups is 1. The van der Waals surface area contributed by atoms with Crippen molar-refractivity contribution in [2.75, 3.05) is 0 Å². The van der Waals surface area contributed by atoms with E-state index in [1.165, 1.54) is 0 Å². The van der Waals surface area contributed by atoms with Crippen molar-refractivity contribution in [3.8, 4) is 5.69 Å². The maximum Gasteiger partial charge on any atom is 0.356 e. The third-order valence-electron chi connectivity index (χ3n) is 3.11. The van der Waals surface area contributed by atoms with Crippen LogP contribution in [0.5, 0.6) is 0 Å². The number of rotatable bonds is 2. The standard InChI is InChI=1S/C15H17ClN2O2/c1-9-12(14(19)20)17-18(13(9)15(2,3)4)11-7-5-10(16)6-8-11/h5-8H,1-4H3,(H,19,20). The zero-order valence-corrected chi connectivity index (χ0v) is 12.7. The van der Waals surface area contributed by atoms with E-state index in [2.05, 4.69) is 5.10 Å². The third-order valence-corrected chi connectivity index (χ3v) is 3.36. The quantitative estimate of drug-likeness (QED) is 0.915. The molecule has 1 aromatic carbocycles. The molecule has 0 bridgehead atoms. The molecular formula is C15H17ClN2O2. The lowest BCUT2D eigenvalue weighted by molar-refractivity contribution is 0.0689. The van der Waals surface area contributed by atoms with Gasteiger partial charge in [-0.3, -0.25) is 0 Å². The SMILES string of the molecule is Cc1c(C(=O)O)nn(-c2ccc(Cl)cc2)c1C(C)(C)C. The van der Waals surface area contributed by atoms with E-state index in [1.54, 1.807) is 23.7 Å². The summed E-state index contributed by atoms with van der Waals surface area (Å²) in [4.78, 5) is 11.3. The predicted octanol–water partition coefficient (Wildman–Crippen LogP) is 3.83. The van der Waals surface area contributed by atoms with Crippen LogP contribution < -0.4 is 0 Å². The highest BCUT2D eigenvalue weighted by molar-refractivity contribution is 6.30. The topological polar surface area (TPSA) is 55.1 Å². The Bertz CT molecular complexity index is 652. The van der Waals surface area contributed by atoms with Gasteiger partial charge in [-0.05, 0) is 31.2 Å². The molecule has 0 radical (unpaired) electrons. The van der Waals surface area contributed by atoms with E-state index in [9.17, 15) is 9.90 Å². The normalized spacial score (nSPS) is 11.7. The van der Waals surface area contributed by atoms with Gasteiger partial charge in [0.25, 0.3) is 0 Å². The van der Waals surface area contributed by atoms with Crippen molar-refractivity contribution < 1.29 is 9.90 Å². The second-order valence-electron chi connectivity index (χ2n) is 5.77. The van der Waals surface area contributed by atoms with E-state index >= 15 is 0 Å². The summed E-state index contributed by atoms with van der Waals surface area (Å²) in [7, 11) is 0. The zero-order valence-electron chi connectivity index (χ0n) is 11.9. The fourth-order valence-electron chi connectivity index (χ4n) is 2.35. The number of aromatic carboxylic acids is 1. The van der Waals surface area contributed by atoms with Gasteiger partial charge in [0.15, 0.2) is 5.69 Å². The monoisotopic (exact) mass is 292 g/mol. The van der Waals surface area contributed by atoms with Gasteiger partial charge in [-0.1, -0.05) is 32.4 Å². The van der Waals surface area contributed by atoms with Gasteiger partial charge in [0, 0.05) is 16.0 Å². The molecule has 0 aliphatic rings. The first kappa shape index (κ1) is 14.6. The van der Waals surface area contributed by atoms with Crippen LogP contribution in [-0.2, 0) is 5.41 Å². The van der Waals surface area contributed by atoms with Crippen molar-refractivity contribution in [1.29, 1.82) is 0 Å². The highest BCUT2D eigenvalue weighted by atomic mass is 35.5. The molecular weight excluding hydrogens is 276 g/mol. The number of hydrogen-bond donors (Lipinski definition) is 1. The molecule has 1 N–H and O–H groups in total. The molecule has 4 nitrogen and oxygen atoms in total. The second kappa shape index (κ2) is 4.94. The van der Waals surface area contributed by atoms with Gasteiger partial charge in [-0.2, -0.15) is 5.10 Å². The highest BCUT2D eigenvalue weighted by Crippen LogP contribution is 2.30. The molecule has 0 fully saturated rings. The Morgan fingerprint density at radius 3 is 2.25 bits per heavy atom. The lowest BCUT2D eigenvalue weighted by Gasteiger charge is -2.21. The van der Waals surface area contributed by atoms with E-state index in [0.717, 1.165) is 11.4 Å². The summed E-state index contributed by atoms with van der Waals surface area (Å²) in [6, 6.07) is 7.19. The number of carboxylic acids is 1. The molecule has 0 aliphatic carbocycles. The van der Waals surface area contributed by atoms with Crippen LogP contribution in [0.25, 0.3) is 5.69 Å². The lowest BCUT2D eigenvalue weighted by atomic mass is 9.88. The van der Waals surface area contributed by atoms with Gasteiger partial charge in [0.05, 0.1) is 11.4 Å². The summed E-state index contributed by atoms with van der Waals surface area (Å²) in [5.41, 5.74) is 2.25.